The average Bonchev–Trinajstić information content (AvgIpc) is 3.06. The average molecular weight is 288 g/mol. The fraction of sp³-hybridized carbons (Fsp3) is 0.667. The van der Waals surface area contributed by atoms with Crippen molar-refractivity contribution in [3.8, 4) is 0 Å². The van der Waals surface area contributed by atoms with Crippen LogP contribution >= 0.6 is 0 Å². The van der Waals surface area contributed by atoms with Gasteiger partial charge < -0.3 is 15.3 Å². The van der Waals surface area contributed by atoms with Crippen LogP contribution in [0.25, 0.3) is 0 Å². The molecule has 1 aromatic carbocycles. The minimum atomic E-state index is -0.257. The Labute approximate surface area is 128 Å². The minimum absolute atomic E-state index is 0.257. The molecular formula is C18H28N2O. The van der Waals surface area contributed by atoms with Crippen LogP contribution in [0.3, 0.4) is 0 Å². The van der Waals surface area contributed by atoms with Crippen LogP contribution in [0.2, 0.25) is 0 Å². The van der Waals surface area contributed by atoms with Crippen molar-refractivity contribution in [1.29, 1.82) is 0 Å². The Hall–Kier alpha value is -0.900. The van der Waals surface area contributed by atoms with Crippen molar-refractivity contribution in [2.45, 2.75) is 51.2 Å². The molecule has 1 heterocycles. The maximum Gasteiger partial charge on any atom is 0.0791 e. The second-order valence-corrected chi connectivity index (χ2v) is 6.84. The van der Waals surface area contributed by atoms with Gasteiger partial charge >= 0.3 is 0 Å². The van der Waals surface area contributed by atoms with Gasteiger partial charge in [-0.1, -0.05) is 25.1 Å². The summed E-state index contributed by atoms with van der Waals surface area (Å²) in [5.74, 6) is 0.620. The van der Waals surface area contributed by atoms with E-state index in [1.807, 2.05) is 0 Å². The van der Waals surface area contributed by atoms with Crippen LogP contribution in [0.15, 0.2) is 18.2 Å². The standard InChI is InChI=1S/C18H28N2O/c1-13-6-5-7-16-17(10-14(2)18(13)16)19-11-15(21)12-20-8-3-4-9-20/h5-7,14-15,17,19,21H,3-4,8-12H2,1-2H3. The molecule has 3 unspecified atom stereocenters. The highest BCUT2D eigenvalue weighted by molar-refractivity contribution is 5.43. The van der Waals surface area contributed by atoms with E-state index < -0.39 is 0 Å². The predicted octanol–water partition coefficient (Wildman–Crippen LogP) is 2.59. The van der Waals surface area contributed by atoms with E-state index in [0.717, 1.165) is 26.1 Å². The molecule has 1 aliphatic heterocycles. The first-order valence-corrected chi connectivity index (χ1v) is 8.38. The van der Waals surface area contributed by atoms with E-state index in [1.165, 1.54) is 29.5 Å². The molecule has 0 saturated carbocycles. The first kappa shape index (κ1) is 15.0. The molecule has 1 aliphatic carbocycles. The fourth-order valence-electron chi connectivity index (χ4n) is 4.08. The number of aryl methyl sites for hydroxylation is 1. The molecule has 3 atom stereocenters. The number of hydrogen-bond acceptors (Lipinski definition) is 3. The normalized spacial score (nSPS) is 27.0. The van der Waals surface area contributed by atoms with Gasteiger partial charge in [0.25, 0.3) is 0 Å². The zero-order valence-electron chi connectivity index (χ0n) is 13.3. The van der Waals surface area contributed by atoms with Gasteiger partial charge in [0.1, 0.15) is 0 Å². The monoisotopic (exact) mass is 288 g/mol. The number of benzene rings is 1. The van der Waals surface area contributed by atoms with Crippen LogP contribution in [0.1, 0.15) is 54.8 Å². The number of aliphatic hydroxyl groups is 1. The highest BCUT2D eigenvalue weighted by Crippen LogP contribution is 2.41. The summed E-state index contributed by atoms with van der Waals surface area (Å²) in [5.41, 5.74) is 4.36. The van der Waals surface area contributed by atoms with Gasteiger partial charge in [0.2, 0.25) is 0 Å². The van der Waals surface area contributed by atoms with Gasteiger partial charge in [-0.15, -0.1) is 0 Å². The third-order valence-corrected chi connectivity index (χ3v) is 5.08. The third-order valence-electron chi connectivity index (χ3n) is 5.08. The van der Waals surface area contributed by atoms with Crippen molar-refractivity contribution >= 4 is 0 Å². The predicted molar refractivity (Wildman–Crippen MR) is 86.6 cm³/mol. The Morgan fingerprint density at radius 2 is 2.10 bits per heavy atom. The van der Waals surface area contributed by atoms with Gasteiger partial charge in [-0.2, -0.15) is 0 Å². The molecular weight excluding hydrogens is 260 g/mol. The molecule has 2 aliphatic rings. The lowest BCUT2D eigenvalue weighted by Crippen LogP contribution is -2.38. The summed E-state index contributed by atoms with van der Waals surface area (Å²) in [6, 6.07) is 7.01. The third kappa shape index (κ3) is 3.31. The van der Waals surface area contributed by atoms with E-state index in [1.54, 1.807) is 0 Å². The van der Waals surface area contributed by atoms with Crippen LogP contribution in [0.5, 0.6) is 0 Å². The quantitative estimate of drug-likeness (QED) is 0.874. The second-order valence-electron chi connectivity index (χ2n) is 6.84. The zero-order chi connectivity index (χ0) is 14.8. The molecule has 0 radical (unpaired) electrons. The number of nitrogens with zero attached hydrogens (tertiary/aromatic N) is 1. The lowest BCUT2D eigenvalue weighted by atomic mass is 9.98. The Morgan fingerprint density at radius 1 is 1.33 bits per heavy atom. The molecule has 3 rings (SSSR count). The van der Waals surface area contributed by atoms with E-state index in [4.69, 9.17) is 0 Å². The van der Waals surface area contributed by atoms with Crippen LogP contribution in [-0.4, -0.2) is 42.3 Å². The summed E-state index contributed by atoms with van der Waals surface area (Å²) >= 11 is 0. The SMILES string of the molecule is Cc1cccc2c1C(C)CC2NCC(O)CN1CCCC1. The Kier molecular flexibility index (Phi) is 4.63. The van der Waals surface area contributed by atoms with Gasteiger partial charge in [-0.3, -0.25) is 0 Å². The van der Waals surface area contributed by atoms with E-state index in [2.05, 4.69) is 42.3 Å². The maximum absolute atomic E-state index is 10.2. The molecule has 1 saturated heterocycles. The highest BCUT2D eigenvalue weighted by atomic mass is 16.3. The molecule has 116 valence electrons. The molecule has 21 heavy (non-hydrogen) atoms. The molecule has 0 aromatic heterocycles. The summed E-state index contributed by atoms with van der Waals surface area (Å²) in [5, 5.41) is 13.8. The van der Waals surface area contributed by atoms with E-state index >= 15 is 0 Å². The molecule has 1 fully saturated rings. The number of hydrogen-bond donors (Lipinski definition) is 2. The lowest BCUT2D eigenvalue weighted by molar-refractivity contribution is 0.120. The molecule has 2 N–H and O–H groups in total. The van der Waals surface area contributed by atoms with Crippen molar-refractivity contribution < 1.29 is 5.11 Å². The maximum atomic E-state index is 10.2. The van der Waals surface area contributed by atoms with Crippen LogP contribution < -0.4 is 5.32 Å². The van der Waals surface area contributed by atoms with Crippen molar-refractivity contribution in [1.82, 2.24) is 10.2 Å². The largest absolute Gasteiger partial charge is 0.390 e. The number of aliphatic hydroxyl groups excluding tert-OH is 1. The molecule has 3 nitrogen and oxygen atoms in total. The lowest BCUT2D eigenvalue weighted by Gasteiger charge is -2.22. The van der Waals surface area contributed by atoms with Crippen LogP contribution in [0.4, 0.5) is 0 Å². The van der Waals surface area contributed by atoms with Crippen molar-refractivity contribution in [3.63, 3.8) is 0 Å². The Bertz CT molecular complexity index is 482. The van der Waals surface area contributed by atoms with Gasteiger partial charge in [-0.25, -0.2) is 0 Å². The van der Waals surface area contributed by atoms with Gasteiger partial charge in [0.15, 0.2) is 0 Å². The fourth-order valence-corrected chi connectivity index (χ4v) is 4.08. The first-order valence-electron chi connectivity index (χ1n) is 8.38. The van der Waals surface area contributed by atoms with Crippen molar-refractivity contribution in [3.05, 3.63) is 34.9 Å². The Balaban J connectivity index is 1.56. The van der Waals surface area contributed by atoms with Gasteiger partial charge in [-0.05, 0) is 61.9 Å². The summed E-state index contributed by atoms with van der Waals surface area (Å²) in [4.78, 5) is 2.38. The van der Waals surface area contributed by atoms with Crippen molar-refractivity contribution in [2.24, 2.45) is 0 Å². The summed E-state index contributed by atoms with van der Waals surface area (Å²) in [7, 11) is 0. The molecule has 0 spiro atoms. The number of rotatable bonds is 5. The van der Waals surface area contributed by atoms with Crippen molar-refractivity contribution in [2.75, 3.05) is 26.2 Å². The second kappa shape index (κ2) is 6.47. The minimum Gasteiger partial charge on any atom is -0.390 e. The number of fused-ring (bicyclic) bond motifs is 1. The van der Waals surface area contributed by atoms with Gasteiger partial charge in [0, 0.05) is 19.1 Å². The number of β-amino-alcohol motifs (C(OH)–C–C–N with tert-alkyl or cyclic N) is 1. The number of nitrogens with one attached hydrogen (secondary N) is 1. The molecule has 0 bridgehead atoms. The topological polar surface area (TPSA) is 35.5 Å². The smallest absolute Gasteiger partial charge is 0.0791 e. The first-order chi connectivity index (χ1) is 10.1. The Morgan fingerprint density at radius 3 is 2.86 bits per heavy atom. The zero-order valence-corrected chi connectivity index (χ0v) is 13.3. The molecule has 0 amide bonds. The summed E-state index contributed by atoms with van der Waals surface area (Å²) in [6.07, 6.45) is 3.46. The van der Waals surface area contributed by atoms with Gasteiger partial charge in [0.05, 0.1) is 6.10 Å². The summed E-state index contributed by atoms with van der Waals surface area (Å²) < 4.78 is 0. The molecule has 1 aromatic rings. The van der Waals surface area contributed by atoms with E-state index in [0.29, 0.717) is 18.5 Å². The highest BCUT2D eigenvalue weighted by Gasteiger charge is 2.29. The summed E-state index contributed by atoms with van der Waals surface area (Å²) in [6.45, 7) is 8.34. The van der Waals surface area contributed by atoms with Crippen LogP contribution in [0, 0.1) is 6.92 Å². The van der Waals surface area contributed by atoms with E-state index in [-0.39, 0.29) is 6.10 Å². The number of likely N-dealkylation sites (tertiary alicyclic amines) is 1. The van der Waals surface area contributed by atoms with Crippen LogP contribution in [-0.2, 0) is 0 Å². The van der Waals surface area contributed by atoms with E-state index in [9.17, 15) is 5.11 Å². The molecule has 3 heteroatoms.